The van der Waals surface area contributed by atoms with Crippen molar-refractivity contribution in [3.63, 3.8) is 0 Å². The third kappa shape index (κ3) is 3.41. The van der Waals surface area contributed by atoms with E-state index in [9.17, 15) is 43.9 Å². The van der Waals surface area contributed by atoms with E-state index in [4.69, 9.17) is 0 Å². The van der Waals surface area contributed by atoms with Gasteiger partial charge in [-0.3, -0.25) is 10.1 Å². The van der Waals surface area contributed by atoms with Gasteiger partial charge in [-0.25, -0.2) is 0 Å². The lowest BCUT2D eigenvalue weighted by molar-refractivity contribution is -0.464. The van der Waals surface area contributed by atoms with Crippen LogP contribution in [0.3, 0.4) is 0 Å². The van der Waals surface area contributed by atoms with Crippen LogP contribution in [0.1, 0.15) is 6.92 Å². The third-order valence-electron chi connectivity index (χ3n) is 5.07. The Balaban J connectivity index is 1.99. The van der Waals surface area contributed by atoms with Crippen LogP contribution < -0.4 is 10.6 Å². The predicted octanol–water partition coefficient (Wildman–Crippen LogP) is 4.57. The molecule has 0 amide bonds. The molecule has 3 nitrogen and oxygen atoms in total. The molecule has 2 aliphatic carbocycles. The van der Waals surface area contributed by atoms with Gasteiger partial charge in [0, 0.05) is 17.7 Å². The topological polar surface area (TPSA) is 33.3 Å². The van der Waals surface area contributed by atoms with Crippen molar-refractivity contribution in [2.45, 2.75) is 49.1 Å². The van der Waals surface area contributed by atoms with Crippen LogP contribution in [0.5, 0.6) is 0 Å². The van der Waals surface area contributed by atoms with Gasteiger partial charge in [-0.15, -0.1) is 0 Å². The average Bonchev–Trinajstić information content (AvgIpc) is 2.59. The molecule has 0 spiro atoms. The fourth-order valence-corrected chi connectivity index (χ4v) is 3.37. The van der Waals surface area contributed by atoms with Gasteiger partial charge >= 0.3 is 24.4 Å². The fourth-order valence-electron chi connectivity index (χ4n) is 3.37. The number of hydrogen-bond donors (Lipinski definition) is 2. The minimum Gasteiger partial charge on any atom is -0.370 e. The summed E-state index contributed by atoms with van der Waals surface area (Å²) < 4.78 is 136. The zero-order valence-corrected chi connectivity index (χ0v) is 14.9. The fraction of sp³-hybridized carbons (Fsp3) is 0.529. The number of rotatable bonds is 4. The van der Waals surface area contributed by atoms with E-state index in [1.807, 2.05) is 0 Å². The summed E-state index contributed by atoms with van der Waals surface area (Å²) >= 11 is 0. The van der Waals surface area contributed by atoms with Crippen molar-refractivity contribution in [3.8, 4) is 0 Å². The largest absolute Gasteiger partial charge is 0.462 e. The number of halogens is 10. The molecule has 4 atom stereocenters. The lowest BCUT2D eigenvalue weighted by atomic mass is 9.79. The van der Waals surface area contributed by atoms with Crippen LogP contribution in [0.15, 0.2) is 47.7 Å². The van der Waals surface area contributed by atoms with Crippen molar-refractivity contribution in [1.29, 1.82) is 0 Å². The smallest absolute Gasteiger partial charge is 0.370 e. The molecule has 3 rings (SSSR count). The third-order valence-corrected chi connectivity index (χ3v) is 5.07. The van der Waals surface area contributed by atoms with E-state index in [-0.39, 0.29) is 12.6 Å². The van der Waals surface area contributed by atoms with Gasteiger partial charge in [0.05, 0.1) is 0 Å². The molecule has 168 valence electrons. The predicted molar refractivity (Wildman–Crippen MR) is 83.3 cm³/mol. The normalized spacial score (nSPS) is 28.8. The zero-order valence-electron chi connectivity index (χ0n) is 14.9. The van der Waals surface area contributed by atoms with Gasteiger partial charge in [-0.2, -0.15) is 43.9 Å². The van der Waals surface area contributed by atoms with Gasteiger partial charge in [-0.05, 0) is 18.6 Å². The van der Waals surface area contributed by atoms with E-state index in [2.05, 4.69) is 15.4 Å². The van der Waals surface area contributed by atoms with Crippen LogP contribution in [-0.4, -0.2) is 42.2 Å². The highest BCUT2D eigenvalue weighted by molar-refractivity contribution is 5.45. The summed E-state index contributed by atoms with van der Waals surface area (Å²) in [4.78, 5) is 0. The highest BCUT2D eigenvalue weighted by Crippen LogP contribution is 2.51. The number of allylic oxidation sites excluding steroid dienone is 5. The Hall–Kier alpha value is -2.02. The van der Waals surface area contributed by atoms with E-state index in [0.29, 0.717) is 5.57 Å². The number of hydrogen-bond acceptors (Lipinski definition) is 3. The van der Waals surface area contributed by atoms with Crippen LogP contribution in [0, 0.1) is 5.92 Å². The summed E-state index contributed by atoms with van der Waals surface area (Å²) in [5.74, 6) is -7.39. The number of nitrogens with one attached hydrogen (secondary N) is 2. The molecule has 0 aromatic rings. The summed E-state index contributed by atoms with van der Waals surface area (Å²) in [6, 6.07) is -0.880. The summed E-state index contributed by atoms with van der Waals surface area (Å²) in [6.45, 7) is -0.0269. The second-order valence-electron chi connectivity index (χ2n) is 7.08. The van der Waals surface area contributed by atoms with Crippen molar-refractivity contribution in [3.05, 3.63) is 47.7 Å². The van der Waals surface area contributed by atoms with Crippen LogP contribution in [-0.2, 0) is 4.74 Å². The quantitative estimate of drug-likeness (QED) is 0.614. The van der Waals surface area contributed by atoms with Crippen LogP contribution in [0.2, 0.25) is 0 Å². The molecule has 0 radical (unpaired) electrons. The molecule has 3 aliphatic rings. The minimum absolute atomic E-state index is 0.0269. The summed E-state index contributed by atoms with van der Waals surface area (Å²) in [5.41, 5.74) is -3.37. The molecule has 1 saturated heterocycles. The van der Waals surface area contributed by atoms with Crippen LogP contribution in [0.25, 0.3) is 0 Å². The Morgan fingerprint density at radius 1 is 0.867 bits per heavy atom. The molecule has 4 unspecified atom stereocenters. The van der Waals surface area contributed by atoms with Crippen molar-refractivity contribution < 1.29 is 48.6 Å². The first-order valence-corrected chi connectivity index (χ1v) is 8.40. The van der Waals surface area contributed by atoms with Gasteiger partial charge in [0.1, 0.15) is 6.17 Å². The SMILES string of the molecule is CC(OC(F)(F)C(F)(F)C(F)(F)F)(C1NC2=CC=CC3=CC=CC(N1)C32)C(F)(F)F. The van der Waals surface area contributed by atoms with Gasteiger partial charge in [0.25, 0.3) is 0 Å². The van der Waals surface area contributed by atoms with Crippen molar-refractivity contribution in [2.24, 2.45) is 5.92 Å². The van der Waals surface area contributed by atoms with E-state index in [1.54, 1.807) is 12.2 Å². The number of ether oxygens (including phenoxy) is 1. The van der Waals surface area contributed by atoms with E-state index < -0.39 is 48.1 Å². The summed E-state index contributed by atoms with van der Waals surface area (Å²) in [7, 11) is 0. The van der Waals surface area contributed by atoms with Gasteiger partial charge in [0.2, 0.25) is 0 Å². The molecule has 13 heteroatoms. The monoisotopic (exact) mass is 452 g/mol. The maximum absolute atomic E-state index is 13.8. The van der Waals surface area contributed by atoms with E-state index >= 15 is 0 Å². The molecule has 0 bridgehead atoms. The second-order valence-corrected chi connectivity index (χ2v) is 7.08. The maximum atomic E-state index is 13.8. The molecule has 0 aromatic carbocycles. The van der Waals surface area contributed by atoms with E-state index in [1.165, 1.54) is 24.3 Å². The molecule has 0 aromatic heterocycles. The van der Waals surface area contributed by atoms with Gasteiger partial charge in [0.15, 0.2) is 5.60 Å². The molecular weight excluding hydrogens is 438 g/mol. The first-order chi connectivity index (χ1) is 13.5. The molecule has 30 heavy (non-hydrogen) atoms. The Morgan fingerprint density at radius 2 is 1.50 bits per heavy atom. The van der Waals surface area contributed by atoms with Crippen LogP contribution >= 0.6 is 0 Å². The first-order valence-electron chi connectivity index (χ1n) is 8.40. The Morgan fingerprint density at radius 3 is 2.07 bits per heavy atom. The minimum atomic E-state index is -6.86. The zero-order chi connectivity index (χ0) is 22.8. The standard InChI is InChI=1S/C17H14F10N2O/c1-13(15(20,21)22,30-17(26,27)14(18,19)16(23,24)25)12-28-9-6-2-4-8-5-3-7-10(29-12)11(8)9/h2-7,9,11-12,28-29H,1H3. The first kappa shape index (κ1) is 22.7. The second kappa shape index (κ2) is 6.74. The Labute approximate surface area is 163 Å². The molecule has 1 aliphatic heterocycles. The lowest BCUT2D eigenvalue weighted by Crippen LogP contribution is -2.73. The molecule has 0 saturated carbocycles. The van der Waals surface area contributed by atoms with Gasteiger partial charge in [-0.1, -0.05) is 30.4 Å². The Bertz CT molecular complexity index is 823. The number of alkyl halides is 10. The highest BCUT2D eigenvalue weighted by atomic mass is 19.4. The molecule has 2 N–H and O–H groups in total. The summed E-state index contributed by atoms with van der Waals surface area (Å²) in [6.07, 6.45) is -12.4. The van der Waals surface area contributed by atoms with Crippen LogP contribution in [0.4, 0.5) is 43.9 Å². The molecular formula is C17H14F10N2O. The molecule has 1 fully saturated rings. The van der Waals surface area contributed by atoms with Gasteiger partial charge < -0.3 is 5.32 Å². The average molecular weight is 452 g/mol. The lowest BCUT2D eigenvalue weighted by Gasteiger charge is -2.49. The highest BCUT2D eigenvalue weighted by Gasteiger charge is 2.78. The molecule has 1 heterocycles. The van der Waals surface area contributed by atoms with Crippen molar-refractivity contribution in [2.75, 3.05) is 0 Å². The van der Waals surface area contributed by atoms with Crippen molar-refractivity contribution >= 4 is 0 Å². The van der Waals surface area contributed by atoms with E-state index in [0.717, 1.165) is 0 Å². The van der Waals surface area contributed by atoms with Crippen molar-refractivity contribution in [1.82, 2.24) is 10.6 Å². The maximum Gasteiger partial charge on any atom is 0.462 e. The summed E-state index contributed by atoms with van der Waals surface area (Å²) in [5, 5.41) is 4.59. The Kier molecular flexibility index (Phi) is 5.09.